The Labute approximate surface area is 117 Å². The zero-order chi connectivity index (χ0) is 13.7. The Morgan fingerprint density at radius 3 is 2.37 bits per heavy atom. The molecule has 0 heterocycles. The van der Waals surface area contributed by atoms with E-state index in [4.69, 9.17) is 5.26 Å². The molecule has 102 valence electrons. The van der Waals surface area contributed by atoms with Crippen LogP contribution in [0.1, 0.15) is 75.8 Å². The summed E-state index contributed by atoms with van der Waals surface area (Å²) in [7, 11) is 0. The molecule has 1 aromatic carbocycles. The highest BCUT2D eigenvalue weighted by molar-refractivity contribution is 5.33. The van der Waals surface area contributed by atoms with Crippen molar-refractivity contribution >= 4 is 0 Å². The number of benzene rings is 1. The molecule has 19 heavy (non-hydrogen) atoms. The van der Waals surface area contributed by atoms with Gasteiger partial charge in [-0.15, -0.1) is 0 Å². The molecule has 0 N–H and O–H groups in total. The van der Waals surface area contributed by atoms with Crippen molar-refractivity contribution in [2.24, 2.45) is 5.41 Å². The number of hydrogen-bond acceptors (Lipinski definition) is 1. The zero-order valence-electron chi connectivity index (χ0n) is 12.3. The third-order valence-corrected chi connectivity index (χ3v) is 4.84. The van der Waals surface area contributed by atoms with Gasteiger partial charge < -0.3 is 0 Å². The number of hydrogen-bond donors (Lipinski definition) is 0. The second-order valence-corrected chi connectivity index (χ2v) is 6.42. The molecular weight excluding hydrogens is 230 g/mol. The van der Waals surface area contributed by atoms with Crippen molar-refractivity contribution in [3.8, 4) is 6.07 Å². The Hall–Kier alpha value is -1.29. The molecule has 0 aliphatic heterocycles. The summed E-state index contributed by atoms with van der Waals surface area (Å²) >= 11 is 0. The van der Waals surface area contributed by atoms with Gasteiger partial charge in [0.25, 0.3) is 0 Å². The molecule has 0 aromatic heterocycles. The minimum atomic E-state index is 0.582. The highest BCUT2D eigenvalue weighted by atomic mass is 14.4. The first-order valence-corrected chi connectivity index (χ1v) is 7.67. The SMILES string of the molecule is CCCCC1(C)CCC(c2ccc(C#N)cc2)CC1. The van der Waals surface area contributed by atoms with Crippen molar-refractivity contribution in [2.75, 3.05) is 0 Å². The van der Waals surface area contributed by atoms with Crippen LogP contribution in [0.15, 0.2) is 24.3 Å². The average molecular weight is 255 g/mol. The molecule has 0 unspecified atom stereocenters. The first-order valence-electron chi connectivity index (χ1n) is 7.67. The van der Waals surface area contributed by atoms with Crippen molar-refractivity contribution < 1.29 is 0 Å². The molecule has 1 saturated carbocycles. The van der Waals surface area contributed by atoms with E-state index in [1.54, 1.807) is 0 Å². The summed E-state index contributed by atoms with van der Waals surface area (Å²) in [6, 6.07) is 10.4. The minimum absolute atomic E-state index is 0.582. The molecule has 1 aliphatic carbocycles. The molecule has 1 aromatic rings. The van der Waals surface area contributed by atoms with Gasteiger partial charge in [0.15, 0.2) is 0 Å². The van der Waals surface area contributed by atoms with E-state index in [2.05, 4.69) is 32.0 Å². The van der Waals surface area contributed by atoms with Gasteiger partial charge in [0.2, 0.25) is 0 Å². The van der Waals surface area contributed by atoms with Gasteiger partial charge in [-0.3, -0.25) is 0 Å². The Balaban J connectivity index is 1.93. The molecule has 0 saturated heterocycles. The lowest BCUT2D eigenvalue weighted by Gasteiger charge is -2.37. The zero-order valence-corrected chi connectivity index (χ0v) is 12.3. The second-order valence-electron chi connectivity index (χ2n) is 6.42. The maximum atomic E-state index is 8.84. The van der Waals surface area contributed by atoms with Crippen molar-refractivity contribution in [3.63, 3.8) is 0 Å². The van der Waals surface area contributed by atoms with Crippen molar-refractivity contribution in [1.29, 1.82) is 5.26 Å². The standard InChI is InChI=1S/C18H25N/c1-3-4-11-18(2)12-9-17(10-13-18)16-7-5-15(14-19)6-8-16/h5-8,17H,3-4,9-13H2,1-2H3. The van der Waals surface area contributed by atoms with Crippen molar-refractivity contribution in [3.05, 3.63) is 35.4 Å². The highest BCUT2D eigenvalue weighted by Gasteiger charge is 2.30. The first-order chi connectivity index (χ1) is 9.17. The van der Waals surface area contributed by atoms with Gasteiger partial charge >= 0.3 is 0 Å². The fourth-order valence-corrected chi connectivity index (χ4v) is 3.33. The highest BCUT2D eigenvalue weighted by Crippen LogP contribution is 2.45. The van der Waals surface area contributed by atoms with E-state index in [1.165, 1.54) is 50.5 Å². The molecule has 0 radical (unpaired) electrons. The fourth-order valence-electron chi connectivity index (χ4n) is 3.33. The number of unbranched alkanes of at least 4 members (excludes halogenated alkanes) is 1. The first kappa shape index (κ1) is 14.1. The second kappa shape index (κ2) is 6.24. The molecule has 1 aliphatic rings. The molecule has 0 amide bonds. The fraction of sp³-hybridized carbons (Fsp3) is 0.611. The van der Waals surface area contributed by atoms with Gasteiger partial charge in [-0.05, 0) is 61.1 Å². The molecule has 1 nitrogen and oxygen atoms in total. The van der Waals surface area contributed by atoms with Crippen LogP contribution in [0, 0.1) is 16.7 Å². The number of nitriles is 1. The Bertz CT molecular complexity index is 430. The Morgan fingerprint density at radius 1 is 1.21 bits per heavy atom. The molecule has 0 bridgehead atoms. The van der Waals surface area contributed by atoms with Crippen LogP contribution in [0.25, 0.3) is 0 Å². The Kier molecular flexibility index (Phi) is 4.64. The van der Waals surface area contributed by atoms with E-state index in [0.717, 1.165) is 5.56 Å². The monoisotopic (exact) mass is 255 g/mol. The average Bonchev–Trinajstić information content (AvgIpc) is 2.46. The van der Waals surface area contributed by atoms with Gasteiger partial charge in [-0.25, -0.2) is 0 Å². The summed E-state index contributed by atoms with van der Waals surface area (Å²) in [6.07, 6.45) is 9.42. The quantitative estimate of drug-likeness (QED) is 0.705. The van der Waals surface area contributed by atoms with Gasteiger partial charge in [0.1, 0.15) is 0 Å². The molecular formula is C18H25N. The van der Waals surface area contributed by atoms with Gasteiger partial charge in [0.05, 0.1) is 11.6 Å². The molecule has 0 spiro atoms. The number of rotatable bonds is 4. The minimum Gasteiger partial charge on any atom is -0.192 e. The smallest absolute Gasteiger partial charge is 0.0991 e. The van der Waals surface area contributed by atoms with Gasteiger partial charge in [-0.1, -0.05) is 38.8 Å². The van der Waals surface area contributed by atoms with E-state index in [0.29, 0.717) is 11.3 Å². The normalized spacial score (nSPS) is 26.9. The molecule has 1 fully saturated rings. The largest absolute Gasteiger partial charge is 0.192 e. The van der Waals surface area contributed by atoms with Crippen LogP contribution < -0.4 is 0 Å². The lowest BCUT2D eigenvalue weighted by molar-refractivity contribution is 0.179. The van der Waals surface area contributed by atoms with Crippen LogP contribution in [-0.4, -0.2) is 0 Å². The third kappa shape index (κ3) is 3.60. The predicted molar refractivity (Wildman–Crippen MR) is 80.0 cm³/mol. The van der Waals surface area contributed by atoms with E-state index >= 15 is 0 Å². The summed E-state index contributed by atoms with van der Waals surface area (Å²) in [5.41, 5.74) is 2.78. The molecule has 0 atom stereocenters. The van der Waals surface area contributed by atoms with Crippen molar-refractivity contribution in [1.82, 2.24) is 0 Å². The van der Waals surface area contributed by atoms with E-state index in [9.17, 15) is 0 Å². The Morgan fingerprint density at radius 2 is 1.84 bits per heavy atom. The summed E-state index contributed by atoms with van der Waals surface area (Å²) in [4.78, 5) is 0. The lowest BCUT2D eigenvalue weighted by atomic mass is 9.68. The van der Waals surface area contributed by atoms with Crippen LogP contribution in [0.5, 0.6) is 0 Å². The van der Waals surface area contributed by atoms with Crippen LogP contribution in [0.2, 0.25) is 0 Å². The summed E-state index contributed by atoms with van der Waals surface area (Å²) in [6.45, 7) is 4.75. The van der Waals surface area contributed by atoms with Gasteiger partial charge in [-0.2, -0.15) is 5.26 Å². The lowest BCUT2D eigenvalue weighted by Crippen LogP contribution is -2.23. The van der Waals surface area contributed by atoms with Gasteiger partial charge in [0, 0.05) is 0 Å². The van der Waals surface area contributed by atoms with E-state index in [1.807, 2.05) is 12.1 Å². The summed E-state index contributed by atoms with van der Waals surface area (Å²) in [5.74, 6) is 0.711. The summed E-state index contributed by atoms with van der Waals surface area (Å²) < 4.78 is 0. The van der Waals surface area contributed by atoms with E-state index < -0.39 is 0 Å². The van der Waals surface area contributed by atoms with Crippen LogP contribution in [0.3, 0.4) is 0 Å². The van der Waals surface area contributed by atoms with Crippen LogP contribution >= 0.6 is 0 Å². The van der Waals surface area contributed by atoms with Crippen molar-refractivity contribution in [2.45, 2.75) is 64.7 Å². The molecule has 1 heteroatoms. The molecule has 2 rings (SSSR count). The topological polar surface area (TPSA) is 23.8 Å². The summed E-state index contributed by atoms with van der Waals surface area (Å²) in [5, 5.41) is 8.84. The maximum absolute atomic E-state index is 8.84. The van der Waals surface area contributed by atoms with Crippen LogP contribution in [0.4, 0.5) is 0 Å². The van der Waals surface area contributed by atoms with E-state index in [-0.39, 0.29) is 0 Å². The predicted octanol–water partition coefficient (Wildman–Crippen LogP) is 5.41. The maximum Gasteiger partial charge on any atom is 0.0991 e. The van der Waals surface area contributed by atoms with Crippen LogP contribution in [-0.2, 0) is 0 Å². The third-order valence-electron chi connectivity index (χ3n) is 4.84. The number of nitrogens with zero attached hydrogens (tertiary/aromatic N) is 1.